The number of nitro groups is 1. The van der Waals surface area contributed by atoms with Crippen LogP contribution in [0.4, 0.5) is 11.4 Å². The average molecular weight is 643 g/mol. The van der Waals surface area contributed by atoms with Crippen LogP contribution in [0.3, 0.4) is 0 Å². The van der Waals surface area contributed by atoms with Crippen LogP contribution in [0.5, 0.6) is 23.0 Å². The van der Waals surface area contributed by atoms with Crippen molar-refractivity contribution in [1.82, 2.24) is 0 Å². The van der Waals surface area contributed by atoms with E-state index in [1.165, 1.54) is 38.5 Å². The van der Waals surface area contributed by atoms with E-state index in [1.54, 1.807) is 37.3 Å². The van der Waals surface area contributed by atoms with Gasteiger partial charge in [-0.1, -0.05) is 0 Å². The molecule has 3 rings (SSSR count). The van der Waals surface area contributed by atoms with Gasteiger partial charge < -0.3 is 24.3 Å². The first-order valence-electron chi connectivity index (χ1n) is 11.3. The Balaban J connectivity index is 1.91. The van der Waals surface area contributed by atoms with Crippen LogP contribution in [0.15, 0.2) is 60.2 Å². The third kappa shape index (κ3) is 7.23. The Morgan fingerprint density at radius 3 is 2.38 bits per heavy atom. The highest BCUT2D eigenvalue weighted by molar-refractivity contribution is 14.1. The van der Waals surface area contributed by atoms with Crippen molar-refractivity contribution in [2.24, 2.45) is 0 Å². The quantitative estimate of drug-likeness (QED) is 0.0584. The molecule has 0 radical (unpaired) electrons. The van der Waals surface area contributed by atoms with Crippen LogP contribution in [0, 0.1) is 25.0 Å². The van der Waals surface area contributed by atoms with Crippen molar-refractivity contribution in [2.45, 2.75) is 6.92 Å². The van der Waals surface area contributed by atoms with E-state index in [2.05, 4.69) is 5.32 Å². The maximum absolute atomic E-state index is 12.9. The molecular weight excluding hydrogens is 621 g/mol. The summed E-state index contributed by atoms with van der Waals surface area (Å²) in [6.07, 6.45) is 1.32. The molecular formula is C27H22IN3O8. The first-order valence-corrected chi connectivity index (χ1v) is 12.4. The van der Waals surface area contributed by atoms with E-state index < -0.39 is 16.8 Å². The standard InChI is InChI=1S/C27H22IN3O8/c1-4-38-24-13-16(12-21(28)25(24)39-27(33)17-5-8-20(36-2)9-6-17)11-18(15-29)26(32)30-22-14-19(31(34)35)7-10-23(22)37-3/h5-14H,4H2,1-3H3,(H,30,32)/b18-11+. The van der Waals surface area contributed by atoms with Crippen molar-refractivity contribution < 1.29 is 33.5 Å². The van der Waals surface area contributed by atoms with E-state index in [1.807, 2.05) is 28.7 Å². The lowest BCUT2D eigenvalue weighted by atomic mass is 10.1. The Morgan fingerprint density at radius 1 is 1.08 bits per heavy atom. The van der Waals surface area contributed by atoms with Crippen LogP contribution in [-0.2, 0) is 4.79 Å². The number of benzene rings is 3. The van der Waals surface area contributed by atoms with Gasteiger partial charge in [0.15, 0.2) is 11.5 Å². The van der Waals surface area contributed by atoms with E-state index in [-0.39, 0.29) is 40.8 Å². The molecule has 0 spiro atoms. The summed E-state index contributed by atoms with van der Waals surface area (Å²) in [7, 11) is 2.87. The van der Waals surface area contributed by atoms with Gasteiger partial charge in [-0.2, -0.15) is 5.26 Å². The second kappa shape index (κ2) is 13.2. The van der Waals surface area contributed by atoms with Gasteiger partial charge in [-0.15, -0.1) is 0 Å². The second-order valence-corrected chi connectivity index (χ2v) is 8.81. The number of ether oxygens (including phenoxy) is 4. The fourth-order valence-corrected chi connectivity index (χ4v) is 4.06. The van der Waals surface area contributed by atoms with E-state index in [4.69, 9.17) is 18.9 Å². The Kier molecular flexibility index (Phi) is 9.82. The number of nitrogens with one attached hydrogen (secondary N) is 1. The fourth-order valence-electron chi connectivity index (χ4n) is 3.32. The largest absolute Gasteiger partial charge is 0.497 e. The number of non-ortho nitro benzene ring substituents is 1. The number of methoxy groups -OCH3 is 2. The minimum atomic E-state index is -0.806. The van der Waals surface area contributed by atoms with E-state index >= 15 is 0 Å². The summed E-state index contributed by atoms with van der Waals surface area (Å²) < 4.78 is 22.0. The second-order valence-electron chi connectivity index (χ2n) is 7.65. The minimum Gasteiger partial charge on any atom is -0.497 e. The van der Waals surface area contributed by atoms with Gasteiger partial charge in [0.05, 0.1) is 40.6 Å². The summed E-state index contributed by atoms with van der Waals surface area (Å²) in [5.41, 5.74) is 0.208. The van der Waals surface area contributed by atoms with Gasteiger partial charge >= 0.3 is 5.97 Å². The number of amides is 1. The summed E-state index contributed by atoms with van der Waals surface area (Å²) in [6.45, 7) is 2.01. The molecule has 0 heterocycles. The molecule has 1 N–H and O–H groups in total. The van der Waals surface area contributed by atoms with Crippen LogP contribution in [-0.4, -0.2) is 37.6 Å². The summed E-state index contributed by atoms with van der Waals surface area (Å²) in [5, 5.41) is 23.3. The Bertz CT molecular complexity index is 1480. The van der Waals surface area contributed by atoms with Crippen LogP contribution < -0.4 is 24.3 Å². The Labute approximate surface area is 237 Å². The summed E-state index contributed by atoms with van der Waals surface area (Å²) in [6, 6.07) is 15.1. The molecule has 0 saturated heterocycles. The summed E-state index contributed by atoms with van der Waals surface area (Å²) >= 11 is 1.96. The maximum Gasteiger partial charge on any atom is 0.343 e. The molecule has 1 amide bonds. The molecule has 0 atom stereocenters. The molecule has 0 aliphatic carbocycles. The van der Waals surface area contributed by atoms with Crippen molar-refractivity contribution >= 4 is 51.9 Å². The molecule has 0 aliphatic heterocycles. The molecule has 0 saturated carbocycles. The molecule has 11 nitrogen and oxygen atoms in total. The lowest BCUT2D eigenvalue weighted by Gasteiger charge is -2.14. The lowest BCUT2D eigenvalue weighted by Crippen LogP contribution is -2.14. The van der Waals surface area contributed by atoms with Crippen molar-refractivity contribution in [1.29, 1.82) is 5.26 Å². The molecule has 0 fully saturated rings. The van der Waals surface area contributed by atoms with Crippen molar-refractivity contribution in [2.75, 3.05) is 26.1 Å². The summed E-state index contributed by atoms with van der Waals surface area (Å²) in [5.74, 6) is -0.228. The van der Waals surface area contributed by atoms with E-state index in [0.717, 1.165) is 6.07 Å². The molecule has 0 unspecified atom stereocenters. The molecule has 0 aliphatic rings. The zero-order valence-electron chi connectivity index (χ0n) is 21.0. The first kappa shape index (κ1) is 28.9. The number of rotatable bonds is 10. The average Bonchev–Trinajstić information content (AvgIpc) is 2.93. The van der Waals surface area contributed by atoms with Gasteiger partial charge in [-0.3, -0.25) is 14.9 Å². The van der Waals surface area contributed by atoms with Gasteiger partial charge in [-0.05, 0) is 83.6 Å². The molecule has 3 aromatic carbocycles. The highest BCUT2D eigenvalue weighted by atomic mass is 127. The number of halogens is 1. The minimum absolute atomic E-state index is 0.0308. The topological polar surface area (TPSA) is 150 Å². The number of carbonyl (C=O) groups excluding carboxylic acids is 2. The molecule has 200 valence electrons. The molecule has 0 bridgehead atoms. The predicted molar refractivity (Wildman–Crippen MR) is 150 cm³/mol. The van der Waals surface area contributed by atoms with Crippen LogP contribution in [0.2, 0.25) is 0 Å². The Morgan fingerprint density at radius 2 is 1.79 bits per heavy atom. The van der Waals surface area contributed by atoms with Crippen LogP contribution >= 0.6 is 22.6 Å². The zero-order chi connectivity index (χ0) is 28.5. The molecule has 3 aromatic rings. The third-order valence-electron chi connectivity index (χ3n) is 5.17. The van der Waals surface area contributed by atoms with Crippen LogP contribution in [0.1, 0.15) is 22.8 Å². The van der Waals surface area contributed by atoms with Crippen molar-refractivity contribution in [3.63, 3.8) is 0 Å². The third-order valence-corrected chi connectivity index (χ3v) is 5.97. The van der Waals surface area contributed by atoms with E-state index in [0.29, 0.717) is 20.4 Å². The van der Waals surface area contributed by atoms with Gasteiger partial charge in [-0.25, -0.2) is 4.79 Å². The number of carbonyl (C=O) groups is 2. The highest BCUT2D eigenvalue weighted by Gasteiger charge is 2.19. The van der Waals surface area contributed by atoms with Crippen molar-refractivity contribution in [3.8, 4) is 29.1 Å². The number of nitro benzene ring substituents is 1. The number of nitrogens with zero attached hydrogens (tertiary/aromatic N) is 2. The zero-order valence-corrected chi connectivity index (χ0v) is 23.2. The predicted octanol–water partition coefficient (Wildman–Crippen LogP) is 5.38. The fraction of sp³-hybridized carbons (Fsp3) is 0.148. The molecule has 0 aromatic heterocycles. The monoisotopic (exact) mass is 643 g/mol. The summed E-state index contributed by atoms with van der Waals surface area (Å²) in [4.78, 5) is 36.1. The maximum atomic E-state index is 12.9. The first-order chi connectivity index (χ1) is 18.7. The Hall–Kier alpha value is -4.64. The smallest absolute Gasteiger partial charge is 0.343 e. The molecule has 12 heteroatoms. The van der Waals surface area contributed by atoms with Crippen molar-refractivity contribution in [3.05, 3.63) is 85.0 Å². The van der Waals surface area contributed by atoms with Gasteiger partial charge in [0.25, 0.3) is 11.6 Å². The van der Waals surface area contributed by atoms with Crippen LogP contribution in [0.25, 0.3) is 6.08 Å². The number of hydrogen-bond donors (Lipinski definition) is 1. The number of nitriles is 1. The number of esters is 1. The van der Waals surface area contributed by atoms with E-state index in [9.17, 15) is 25.0 Å². The molecule has 39 heavy (non-hydrogen) atoms. The number of hydrogen-bond acceptors (Lipinski definition) is 9. The highest BCUT2D eigenvalue weighted by Crippen LogP contribution is 2.36. The lowest BCUT2D eigenvalue weighted by molar-refractivity contribution is -0.384. The van der Waals surface area contributed by atoms with Gasteiger partial charge in [0.2, 0.25) is 0 Å². The number of anilines is 1. The van der Waals surface area contributed by atoms with Gasteiger partial charge in [0.1, 0.15) is 23.1 Å². The van der Waals surface area contributed by atoms with Gasteiger partial charge in [0, 0.05) is 12.1 Å². The SMILES string of the molecule is CCOc1cc(/C=C(\C#N)C(=O)Nc2cc([N+](=O)[O-])ccc2OC)cc(I)c1OC(=O)c1ccc(OC)cc1. The normalized spacial score (nSPS) is 10.7.